The van der Waals surface area contributed by atoms with Gasteiger partial charge in [0.15, 0.2) is 0 Å². The van der Waals surface area contributed by atoms with Crippen LogP contribution in [0.25, 0.3) is 0 Å². The fraction of sp³-hybridized carbons (Fsp3) is 0.667. The second-order valence-corrected chi connectivity index (χ2v) is 8.56. The molecule has 6 heteroatoms. The number of quaternary nitrogens is 1. The first-order valence-corrected chi connectivity index (χ1v) is 9.83. The van der Waals surface area contributed by atoms with Crippen LogP contribution in [-0.2, 0) is 14.9 Å². The van der Waals surface area contributed by atoms with E-state index in [9.17, 15) is 0 Å². The maximum Gasteiger partial charge on any atom is 0.240 e. The van der Waals surface area contributed by atoms with Gasteiger partial charge in [0, 0.05) is 37.7 Å². The third-order valence-electron chi connectivity index (χ3n) is 6.06. The van der Waals surface area contributed by atoms with Gasteiger partial charge in [0.25, 0.3) is 0 Å². The molecule has 0 saturated heterocycles. The molecule has 4 aliphatic rings. The maximum atomic E-state index is 5.84. The van der Waals surface area contributed by atoms with Crippen LogP contribution in [0.1, 0.15) is 43.4 Å². The molecule has 0 N–H and O–H groups in total. The lowest BCUT2D eigenvalue weighted by molar-refractivity contribution is -0.767. The minimum absolute atomic E-state index is 0.00819. The van der Waals surface area contributed by atoms with Gasteiger partial charge in [0.1, 0.15) is 24.3 Å². The van der Waals surface area contributed by atoms with Crippen LogP contribution in [-0.4, -0.2) is 48.7 Å². The van der Waals surface area contributed by atoms with Crippen molar-refractivity contribution in [3.63, 3.8) is 0 Å². The summed E-state index contributed by atoms with van der Waals surface area (Å²) >= 11 is 1.85. The highest BCUT2D eigenvalue weighted by molar-refractivity contribution is 7.10. The van der Waals surface area contributed by atoms with Gasteiger partial charge in [-0.1, -0.05) is 16.3 Å². The van der Waals surface area contributed by atoms with Crippen molar-refractivity contribution in [2.45, 2.75) is 62.1 Å². The van der Waals surface area contributed by atoms with Gasteiger partial charge in [0.05, 0.1) is 6.10 Å². The molecule has 3 aliphatic carbocycles. The highest BCUT2D eigenvalue weighted by Crippen LogP contribution is 2.55. The van der Waals surface area contributed by atoms with Crippen molar-refractivity contribution in [2.24, 2.45) is 10.2 Å². The van der Waals surface area contributed by atoms with Crippen molar-refractivity contribution in [3.8, 4) is 0 Å². The second kappa shape index (κ2) is 5.46. The monoisotopic (exact) mass is 346 g/mol. The summed E-state index contributed by atoms with van der Waals surface area (Å²) in [6.45, 7) is 0.374. The normalized spacial score (nSPS) is 34.2. The summed E-state index contributed by atoms with van der Waals surface area (Å²) in [5, 5.41) is 11.4. The van der Waals surface area contributed by atoms with Gasteiger partial charge >= 0.3 is 0 Å². The summed E-state index contributed by atoms with van der Waals surface area (Å²) in [6, 6.07) is 5.84. The fourth-order valence-electron chi connectivity index (χ4n) is 4.65. The van der Waals surface area contributed by atoms with Crippen LogP contribution in [0.4, 0.5) is 0 Å². The summed E-state index contributed by atoms with van der Waals surface area (Å²) in [5.41, 5.74) is 0.00819. The molecule has 5 rings (SSSR count). The molecule has 0 aromatic carbocycles. The van der Waals surface area contributed by atoms with Gasteiger partial charge in [-0.2, -0.15) is 0 Å². The Morgan fingerprint density at radius 1 is 1.25 bits per heavy atom. The zero-order chi connectivity index (χ0) is 16.2. The van der Waals surface area contributed by atoms with Crippen molar-refractivity contribution in [1.82, 2.24) is 0 Å². The van der Waals surface area contributed by atoms with Gasteiger partial charge in [0.2, 0.25) is 12.2 Å². The molecule has 1 aromatic rings. The lowest BCUT2D eigenvalue weighted by Gasteiger charge is -2.49. The van der Waals surface area contributed by atoms with Crippen LogP contribution >= 0.6 is 11.3 Å². The molecule has 0 atom stereocenters. The van der Waals surface area contributed by atoms with E-state index in [1.54, 1.807) is 7.11 Å². The topological polar surface area (TPSA) is 43.2 Å². The van der Waals surface area contributed by atoms with Crippen LogP contribution in [0, 0.1) is 0 Å². The molecule has 128 valence electrons. The number of hydrogen-bond acceptors (Lipinski definition) is 5. The van der Waals surface area contributed by atoms with E-state index in [2.05, 4.69) is 29.0 Å². The standard InChI is InChI=1S/C18H24N3O2S/c1-22-12-23-15-9-18(10-15,16-3-2-8-24-16)17-20-19-11-21(17,13-4-5-13)14-6-7-14/h2-3,8,11,13-15H,4-7,9-10,12H2,1H3/q+1. The van der Waals surface area contributed by atoms with Crippen LogP contribution < -0.4 is 0 Å². The molecule has 2 heterocycles. The van der Waals surface area contributed by atoms with Crippen molar-refractivity contribution in [2.75, 3.05) is 13.9 Å². The highest BCUT2D eigenvalue weighted by atomic mass is 32.1. The molecule has 1 aromatic heterocycles. The van der Waals surface area contributed by atoms with Crippen molar-refractivity contribution in [1.29, 1.82) is 0 Å². The van der Waals surface area contributed by atoms with Crippen molar-refractivity contribution in [3.05, 3.63) is 22.4 Å². The molecule has 0 radical (unpaired) electrons. The first kappa shape index (κ1) is 15.2. The number of methoxy groups -OCH3 is 1. The Kier molecular flexibility index (Phi) is 3.46. The summed E-state index contributed by atoms with van der Waals surface area (Å²) in [4.78, 5) is 1.42. The zero-order valence-corrected chi connectivity index (χ0v) is 14.9. The number of amidine groups is 1. The number of ether oxygens (including phenoxy) is 2. The predicted molar refractivity (Wildman–Crippen MR) is 94.2 cm³/mol. The SMILES string of the molecule is COCOC1CC(C2=NN=C[N+]2(C2CC2)C2CC2)(c2cccs2)C1. The molecule has 24 heavy (non-hydrogen) atoms. The largest absolute Gasteiger partial charge is 0.359 e. The van der Waals surface area contributed by atoms with Gasteiger partial charge < -0.3 is 9.47 Å². The molecule has 0 spiro atoms. The van der Waals surface area contributed by atoms with E-state index in [0.29, 0.717) is 18.9 Å². The molecule has 3 saturated carbocycles. The molecule has 5 nitrogen and oxygen atoms in total. The van der Waals surface area contributed by atoms with E-state index in [1.165, 1.54) is 36.4 Å². The number of thiophene rings is 1. The maximum absolute atomic E-state index is 5.84. The third kappa shape index (κ3) is 2.10. The number of nitrogens with zero attached hydrogens (tertiary/aromatic N) is 3. The number of rotatable bonds is 7. The van der Waals surface area contributed by atoms with Crippen LogP contribution in [0.2, 0.25) is 0 Å². The Balaban J connectivity index is 1.49. The van der Waals surface area contributed by atoms with Crippen LogP contribution in [0.15, 0.2) is 27.7 Å². The van der Waals surface area contributed by atoms with Crippen molar-refractivity contribution < 1.29 is 14.0 Å². The van der Waals surface area contributed by atoms with Crippen molar-refractivity contribution >= 4 is 23.5 Å². The quantitative estimate of drug-likeness (QED) is 0.562. The molecular weight excluding hydrogens is 322 g/mol. The summed E-state index contributed by atoms with van der Waals surface area (Å²) in [6.07, 6.45) is 9.66. The summed E-state index contributed by atoms with van der Waals surface area (Å²) in [5.74, 6) is 1.30. The van der Waals surface area contributed by atoms with E-state index >= 15 is 0 Å². The average Bonchev–Trinajstić information content (AvgIpc) is 3.50. The Morgan fingerprint density at radius 2 is 2.00 bits per heavy atom. The Hall–Kier alpha value is -1.08. The van der Waals surface area contributed by atoms with E-state index in [1.807, 2.05) is 11.3 Å². The zero-order valence-electron chi connectivity index (χ0n) is 14.1. The van der Waals surface area contributed by atoms with E-state index < -0.39 is 0 Å². The van der Waals surface area contributed by atoms with Gasteiger partial charge in [-0.15, -0.1) is 11.3 Å². The Bertz CT molecular complexity index is 658. The van der Waals surface area contributed by atoms with E-state index in [0.717, 1.165) is 17.3 Å². The molecule has 1 aliphatic heterocycles. The average molecular weight is 346 g/mol. The van der Waals surface area contributed by atoms with Gasteiger partial charge in [-0.25, -0.2) is 4.48 Å². The Morgan fingerprint density at radius 3 is 2.58 bits per heavy atom. The molecule has 3 fully saturated rings. The minimum Gasteiger partial charge on any atom is -0.359 e. The van der Waals surface area contributed by atoms with Gasteiger partial charge in [-0.05, 0) is 24.3 Å². The summed E-state index contributed by atoms with van der Waals surface area (Å²) in [7, 11) is 1.68. The lowest BCUT2D eigenvalue weighted by atomic mass is 9.64. The highest BCUT2D eigenvalue weighted by Gasteiger charge is 2.67. The molecule has 0 bridgehead atoms. The van der Waals surface area contributed by atoms with Crippen LogP contribution in [0.3, 0.4) is 0 Å². The van der Waals surface area contributed by atoms with E-state index in [4.69, 9.17) is 14.6 Å². The smallest absolute Gasteiger partial charge is 0.240 e. The fourth-order valence-corrected chi connectivity index (χ4v) is 5.59. The van der Waals surface area contributed by atoms with E-state index in [-0.39, 0.29) is 11.5 Å². The Labute approximate surface area is 146 Å². The minimum atomic E-state index is 0.00819. The first-order chi connectivity index (χ1) is 11.8. The molecule has 0 unspecified atom stereocenters. The molecule has 0 amide bonds. The number of hydrogen-bond donors (Lipinski definition) is 0. The third-order valence-corrected chi connectivity index (χ3v) is 7.13. The summed E-state index contributed by atoms with van der Waals surface area (Å²) < 4.78 is 11.9. The van der Waals surface area contributed by atoms with Gasteiger partial charge in [-0.3, -0.25) is 0 Å². The lowest BCUT2D eigenvalue weighted by Crippen LogP contribution is -2.65. The second-order valence-electron chi connectivity index (χ2n) is 7.61. The first-order valence-electron chi connectivity index (χ1n) is 8.95. The molecular formula is C18H24N3O2S+. The van der Waals surface area contributed by atoms with Crippen LogP contribution in [0.5, 0.6) is 0 Å². The predicted octanol–water partition coefficient (Wildman–Crippen LogP) is 3.27.